The second-order valence-electron chi connectivity index (χ2n) is 4.59. The van der Waals surface area contributed by atoms with Gasteiger partial charge >= 0.3 is 5.97 Å². The van der Waals surface area contributed by atoms with Crippen LogP contribution in [0.15, 0.2) is 17.7 Å². The van der Waals surface area contributed by atoms with Gasteiger partial charge in [0.1, 0.15) is 18.2 Å². The zero-order chi connectivity index (χ0) is 15.1. The van der Waals surface area contributed by atoms with Crippen molar-refractivity contribution >= 4 is 12.0 Å². The van der Waals surface area contributed by atoms with Crippen LogP contribution in [-0.2, 0) is 14.3 Å². The summed E-state index contributed by atoms with van der Waals surface area (Å²) in [5.74, 6) is -0.623. The maximum atomic E-state index is 11.7. The van der Waals surface area contributed by atoms with E-state index in [1.807, 2.05) is 39.0 Å². The molecule has 1 aromatic carbocycles. The highest BCUT2D eigenvalue weighted by molar-refractivity contribution is 5.98. The van der Waals surface area contributed by atoms with Gasteiger partial charge in [-0.25, -0.2) is 4.79 Å². The maximum Gasteiger partial charge on any atom is 0.348 e. The Hall–Kier alpha value is -2.12. The van der Waals surface area contributed by atoms with Crippen LogP contribution in [-0.4, -0.2) is 26.3 Å². The number of hydrogen-bond donors (Lipinski definition) is 0. The molecule has 0 unspecified atom stereocenters. The number of aryl methyl sites for hydroxylation is 3. The molecule has 106 valence electrons. The Labute approximate surface area is 119 Å². The SMILES string of the molecule is COCCOC(=O)/C(C#N)=C\c1cc(C)c(C)cc1C. The Morgan fingerprint density at radius 1 is 1.20 bits per heavy atom. The summed E-state index contributed by atoms with van der Waals surface area (Å²) in [5.41, 5.74) is 4.17. The highest BCUT2D eigenvalue weighted by atomic mass is 16.6. The third kappa shape index (κ3) is 4.22. The van der Waals surface area contributed by atoms with Crippen LogP contribution < -0.4 is 0 Å². The highest BCUT2D eigenvalue weighted by Gasteiger charge is 2.11. The number of ether oxygens (including phenoxy) is 2. The van der Waals surface area contributed by atoms with Crippen molar-refractivity contribution in [1.29, 1.82) is 5.26 Å². The number of esters is 1. The first-order valence-electron chi connectivity index (χ1n) is 6.35. The summed E-state index contributed by atoms with van der Waals surface area (Å²) in [5, 5.41) is 9.08. The Morgan fingerprint density at radius 2 is 1.85 bits per heavy atom. The molecule has 0 atom stereocenters. The van der Waals surface area contributed by atoms with Crippen LogP contribution in [0.4, 0.5) is 0 Å². The average Bonchev–Trinajstić information content (AvgIpc) is 2.41. The molecule has 0 aliphatic heterocycles. The molecule has 0 spiro atoms. The third-order valence-corrected chi connectivity index (χ3v) is 3.04. The fourth-order valence-corrected chi connectivity index (χ4v) is 1.73. The van der Waals surface area contributed by atoms with Crippen molar-refractivity contribution < 1.29 is 14.3 Å². The van der Waals surface area contributed by atoms with Gasteiger partial charge < -0.3 is 9.47 Å². The summed E-state index contributed by atoms with van der Waals surface area (Å²) in [4.78, 5) is 11.7. The smallest absolute Gasteiger partial charge is 0.348 e. The highest BCUT2D eigenvalue weighted by Crippen LogP contribution is 2.18. The monoisotopic (exact) mass is 273 g/mol. The topological polar surface area (TPSA) is 59.3 Å². The van der Waals surface area contributed by atoms with E-state index in [0.29, 0.717) is 6.61 Å². The van der Waals surface area contributed by atoms with Crippen LogP contribution in [0.2, 0.25) is 0 Å². The zero-order valence-electron chi connectivity index (χ0n) is 12.3. The molecule has 0 aliphatic rings. The van der Waals surface area contributed by atoms with E-state index in [1.165, 1.54) is 12.7 Å². The molecule has 0 aliphatic carbocycles. The summed E-state index contributed by atoms with van der Waals surface area (Å²) < 4.78 is 9.74. The van der Waals surface area contributed by atoms with E-state index >= 15 is 0 Å². The normalized spacial score (nSPS) is 11.1. The average molecular weight is 273 g/mol. The Kier molecular flexibility index (Phi) is 5.95. The summed E-state index contributed by atoms with van der Waals surface area (Å²) in [6.45, 7) is 6.42. The second kappa shape index (κ2) is 7.46. The lowest BCUT2D eigenvalue weighted by molar-refractivity contribution is -0.139. The third-order valence-electron chi connectivity index (χ3n) is 3.04. The maximum absolute atomic E-state index is 11.7. The molecule has 0 bridgehead atoms. The Bertz CT molecular complexity index is 568. The summed E-state index contributed by atoms with van der Waals surface area (Å²) in [6, 6.07) is 5.88. The fourth-order valence-electron chi connectivity index (χ4n) is 1.73. The molecule has 0 heterocycles. The fraction of sp³-hybridized carbons (Fsp3) is 0.375. The summed E-state index contributed by atoms with van der Waals surface area (Å²) >= 11 is 0. The number of nitriles is 1. The number of carbonyl (C=O) groups excluding carboxylic acids is 1. The van der Waals surface area contributed by atoms with E-state index in [9.17, 15) is 4.79 Å². The molecule has 0 aromatic heterocycles. The number of methoxy groups -OCH3 is 1. The summed E-state index contributed by atoms with van der Waals surface area (Å²) in [7, 11) is 1.52. The molecule has 1 rings (SSSR count). The molecule has 0 N–H and O–H groups in total. The number of benzene rings is 1. The molecule has 4 heteroatoms. The largest absolute Gasteiger partial charge is 0.459 e. The van der Waals surface area contributed by atoms with Crippen molar-refractivity contribution in [2.75, 3.05) is 20.3 Å². The molecular weight excluding hydrogens is 254 g/mol. The molecule has 4 nitrogen and oxygen atoms in total. The van der Waals surface area contributed by atoms with Crippen molar-refractivity contribution in [3.63, 3.8) is 0 Å². The standard InChI is InChI=1S/C16H19NO3/c1-11-7-13(3)14(8-12(11)2)9-15(10-17)16(18)20-6-5-19-4/h7-9H,5-6H2,1-4H3/b15-9-. The molecule has 0 radical (unpaired) electrons. The van der Waals surface area contributed by atoms with E-state index in [0.717, 1.165) is 16.7 Å². The number of rotatable bonds is 5. The van der Waals surface area contributed by atoms with Crippen molar-refractivity contribution in [2.45, 2.75) is 20.8 Å². The Balaban J connectivity index is 2.98. The Morgan fingerprint density at radius 3 is 2.45 bits per heavy atom. The molecule has 0 fully saturated rings. The minimum atomic E-state index is -0.623. The van der Waals surface area contributed by atoms with Crippen LogP contribution in [0.5, 0.6) is 0 Å². The lowest BCUT2D eigenvalue weighted by Crippen LogP contribution is -2.11. The van der Waals surface area contributed by atoms with Gasteiger partial charge in [0, 0.05) is 7.11 Å². The zero-order valence-corrected chi connectivity index (χ0v) is 12.3. The van der Waals surface area contributed by atoms with E-state index in [4.69, 9.17) is 14.7 Å². The number of hydrogen-bond acceptors (Lipinski definition) is 4. The quantitative estimate of drug-likeness (QED) is 0.358. The number of carbonyl (C=O) groups is 1. The molecule has 0 amide bonds. The molecule has 0 saturated carbocycles. The van der Waals surface area contributed by atoms with Gasteiger partial charge in [0.05, 0.1) is 6.61 Å². The lowest BCUT2D eigenvalue weighted by Gasteiger charge is -2.07. The van der Waals surface area contributed by atoms with Crippen LogP contribution in [0.25, 0.3) is 6.08 Å². The predicted molar refractivity (Wildman–Crippen MR) is 77.1 cm³/mol. The van der Waals surface area contributed by atoms with Gasteiger partial charge in [-0.2, -0.15) is 5.26 Å². The molecule has 20 heavy (non-hydrogen) atoms. The lowest BCUT2D eigenvalue weighted by atomic mass is 9.99. The van der Waals surface area contributed by atoms with Gasteiger partial charge in [-0.05, 0) is 49.1 Å². The minimum absolute atomic E-state index is 0.00699. The first-order chi connectivity index (χ1) is 9.49. The van der Waals surface area contributed by atoms with E-state index in [1.54, 1.807) is 6.08 Å². The van der Waals surface area contributed by atoms with Crippen molar-refractivity contribution in [1.82, 2.24) is 0 Å². The van der Waals surface area contributed by atoms with E-state index in [2.05, 4.69) is 0 Å². The van der Waals surface area contributed by atoms with Crippen molar-refractivity contribution in [2.24, 2.45) is 0 Å². The molecule has 0 saturated heterocycles. The second-order valence-corrected chi connectivity index (χ2v) is 4.59. The van der Waals surface area contributed by atoms with Crippen molar-refractivity contribution in [3.05, 3.63) is 40.0 Å². The van der Waals surface area contributed by atoms with Crippen LogP contribution >= 0.6 is 0 Å². The molecule has 1 aromatic rings. The number of nitrogens with zero attached hydrogens (tertiary/aromatic N) is 1. The van der Waals surface area contributed by atoms with Crippen LogP contribution in [0, 0.1) is 32.1 Å². The first kappa shape index (κ1) is 15.9. The van der Waals surface area contributed by atoms with Gasteiger partial charge in [0.15, 0.2) is 0 Å². The van der Waals surface area contributed by atoms with Gasteiger partial charge in [-0.3, -0.25) is 0 Å². The van der Waals surface area contributed by atoms with E-state index in [-0.39, 0.29) is 12.2 Å². The van der Waals surface area contributed by atoms with E-state index < -0.39 is 5.97 Å². The summed E-state index contributed by atoms with van der Waals surface area (Å²) in [6.07, 6.45) is 1.57. The van der Waals surface area contributed by atoms with Gasteiger partial charge in [0.25, 0.3) is 0 Å². The van der Waals surface area contributed by atoms with Gasteiger partial charge in [-0.1, -0.05) is 12.1 Å². The van der Waals surface area contributed by atoms with Gasteiger partial charge in [-0.15, -0.1) is 0 Å². The van der Waals surface area contributed by atoms with Crippen LogP contribution in [0.1, 0.15) is 22.3 Å². The predicted octanol–water partition coefficient (Wildman–Crippen LogP) is 2.71. The van der Waals surface area contributed by atoms with Crippen LogP contribution in [0.3, 0.4) is 0 Å². The molecular formula is C16H19NO3. The minimum Gasteiger partial charge on any atom is -0.459 e. The first-order valence-corrected chi connectivity index (χ1v) is 6.35. The van der Waals surface area contributed by atoms with Crippen molar-refractivity contribution in [3.8, 4) is 6.07 Å². The van der Waals surface area contributed by atoms with Gasteiger partial charge in [0.2, 0.25) is 0 Å².